The van der Waals surface area contributed by atoms with Crippen LogP contribution in [-0.2, 0) is 19.1 Å². The maximum Gasteiger partial charge on any atom is 0.307 e. The second-order valence-electron chi connectivity index (χ2n) is 8.04. The predicted molar refractivity (Wildman–Crippen MR) is 107 cm³/mol. The zero-order chi connectivity index (χ0) is 21.7. The van der Waals surface area contributed by atoms with Gasteiger partial charge in [0.05, 0.1) is 6.42 Å². The molecule has 0 radical (unpaired) electrons. The molecule has 1 aliphatic carbocycles. The van der Waals surface area contributed by atoms with Crippen LogP contribution in [0.5, 0.6) is 0 Å². The fraction of sp³-hybridized carbons (Fsp3) is 0.571. The largest absolute Gasteiger partial charge is 0.453 e. The first-order chi connectivity index (χ1) is 13.6. The lowest BCUT2D eigenvalue weighted by molar-refractivity contribution is -0.490. The molecule has 1 aromatic carbocycles. The molecular weight excluding hydrogens is 376 g/mol. The van der Waals surface area contributed by atoms with Crippen molar-refractivity contribution in [3.63, 3.8) is 0 Å². The molecule has 4 atom stereocenters. The highest BCUT2D eigenvalue weighted by Crippen LogP contribution is 2.36. The summed E-state index contributed by atoms with van der Waals surface area (Å²) in [5.74, 6) is -2.36. The van der Waals surface area contributed by atoms with E-state index in [0.29, 0.717) is 11.6 Å². The van der Waals surface area contributed by atoms with Crippen LogP contribution in [0.3, 0.4) is 0 Å². The van der Waals surface area contributed by atoms with Crippen LogP contribution >= 0.6 is 0 Å². The number of nitrogens with one attached hydrogen (secondary N) is 1. The smallest absolute Gasteiger partial charge is 0.307 e. The number of rotatable bonds is 8. The standard InChI is InChI=1S/C21H28N2O6/c1-12(2)15-5-7-16(8-6-15)22-21(26)14(4)29-20(25)10-17-18(11-23(27)28)13(3)9-19(17)24/h5-8,12-14,17-18H,9-11H2,1-4H3,(H,22,26)/t13-,14-,17+,18+/m0/s1. The van der Waals surface area contributed by atoms with Gasteiger partial charge < -0.3 is 10.1 Å². The predicted octanol–water partition coefficient (Wildman–Crippen LogP) is 3.19. The summed E-state index contributed by atoms with van der Waals surface area (Å²) >= 11 is 0. The second-order valence-corrected chi connectivity index (χ2v) is 8.04. The highest BCUT2D eigenvalue weighted by molar-refractivity contribution is 5.95. The van der Waals surface area contributed by atoms with Crippen molar-refractivity contribution in [3.8, 4) is 0 Å². The van der Waals surface area contributed by atoms with Gasteiger partial charge in [0.15, 0.2) is 6.10 Å². The number of esters is 1. The molecule has 0 unspecified atom stereocenters. The van der Waals surface area contributed by atoms with Crippen molar-refractivity contribution in [1.29, 1.82) is 0 Å². The molecule has 0 spiro atoms. The van der Waals surface area contributed by atoms with Gasteiger partial charge in [-0.1, -0.05) is 32.9 Å². The Bertz CT molecular complexity index is 774. The van der Waals surface area contributed by atoms with E-state index in [1.165, 1.54) is 6.92 Å². The van der Waals surface area contributed by atoms with E-state index in [-0.39, 0.29) is 31.1 Å². The number of amides is 1. The Morgan fingerprint density at radius 2 is 1.86 bits per heavy atom. The van der Waals surface area contributed by atoms with Crippen LogP contribution < -0.4 is 5.32 Å². The molecule has 0 aromatic heterocycles. The summed E-state index contributed by atoms with van der Waals surface area (Å²) in [6.45, 7) is 7.01. The molecule has 1 aliphatic rings. The van der Waals surface area contributed by atoms with E-state index < -0.39 is 34.7 Å². The number of benzene rings is 1. The molecule has 1 fully saturated rings. The normalized spacial score (nSPS) is 22.4. The Morgan fingerprint density at radius 3 is 2.41 bits per heavy atom. The number of nitro groups is 1. The SMILES string of the molecule is CC(C)c1ccc(NC(=O)[C@H](C)OC(=O)C[C@H]2C(=O)C[C@H](C)[C@H]2C[N+](=O)[O-])cc1. The van der Waals surface area contributed by atoms with Gasteiger partial charge in [-0.15, -0.1) is 0 Å². The van der Waals surface area contributed by atoms with Gasteiger partial charge in [0, 0.05) is 28.9 Å². The first kappa shape index (κ1) is 22.5. The zero-order valence-electron chi connectivity index (χ0n) is 17.2. The number of Topliss-reactive ketones (excluding diaryl/α,β-unsaturated/α-hetero) is 1. The Kier molecular flexibility index (Phi) is 7.47. The monoisotopic (exact) mass is 404 g/mol. The quantitative estimate of drug-likeness (QED) is 0.404. The van der Waals surface area contributed by atoms with Gasteiger partial charge in [0.2, 0.25) is 6.54 Å². The summed E-state index contributed by atoms with van der Waals surface area (Å²) in [5, 5.41) is 13.5. The molecule has 29 heavy (non-hydrogen) atoms. The first-order valence-corrected chi connectivity index (χ1v) is 9.83. The van der Waals surface area contributed by atoms with Crippen molar-refractivity contribution >= 4 is 23.3 Å². The lowest BCUT2D eigenvalue weighted by Gasteiger charge is -2.19. The van der Waals surface area contributed by atoms with E-state index in [1.807, 2.05) is 12.1 Å². The van der Waals surface area contributed by atoms with Crippen LogP contribution in [0.2, 0.25) is 0 Å². The lowest BCUT2D eigenvalue weighted by Crippen LogP contribution is -2.32. The fourth-order valence-electron chi connectivity index (χ4n) is 3.67. The van der Waals surface area contributed by atoms with Crippen molar-refractivity contribution < 1.29 is 24.0 Å². The third-order valence-electron chi connectivity index (χ3n) is 5.45. The summed E-state index contributed by atoms with van der Waals surface area (Å²) in [6, 6.07) is 7.39. The third kappa shape index (κ3) is 6.10. The van der Waals surface area contributed by atoms with Crippen LogP contribution in [0, 0.1) is 27.9 Å². The average molecular weight is 404 g/mol. The molecule has 0 bridgehead atoms. The van der Waals surface area contributed by atoms with E-state index in [4.69, 9.17) is 4.74 Å². The van der Waals surface area contributed by atoms with Crippen molar-refractivity contribution in [1.82, 2.24) is 0 Å². The molecule has 1 saturated carbocycles. The average Bonchev–Trinajstić information content (AvgIpc) is 2.88. The molecule has 0 aliphatic heterocycles. The number of nitrogens with zero attached hydrogens (tertiary/aromatic N) is 1. The van der Waals surface area contributed by atoms with Gasteiger partial charge in [0.1, 0.15) is 5.78 Å². The Morgan fingerprint density at radius 1 is 1.24 bits per heavy atom. The number of hydrogen-bond donors (Lipinski definition) is 1. The first-order valence-electron chi connectivity index (χ1n) is 9.83. The van der Waals surface area contributed by atoms with E-state index in [0.717, 1.165) is 5.56 Å². The molecule has 1 aromatic rings. The minimum absolute atomic E-state index is 0.153. The van der Waals surface area contributed by atoms with Crippen molar-refractivity contribution in [3.05, 3.63) is 39.9 Å². The number of carbonyl (C=O) groups excluding carboxylic acids is 3. The van der Waals surface area contributed by atoms with Gasteiger partial charge in [0.25, 0.3) is 5.91 Å². The lowest BCUT2D eigenvalue weighted by atomic mass is 9.88. The van der Waals surface area contributed by atoms with Crippen LogP contribution in [0.25, 0.3) is 0 Å². The molecule has 0 saturated heterocycles. The summed E-state index contributed by atoms with van der Waals surface area (Å²) < 4.78 is 5.17. The fourth-order valence-corrected chi connectivity index (χ4v) is 3.67. The van der Waals surface area contributed by atoms with Crippen LogP contribution in [0.1, 0.15) is 52.0 Å². The molecule has 0 heterocycles. The summed E-state index contributed by atoms with van der Waals surface area (Å²) in [5.41, 5.74) is 1.73. The molecule has 158 valence electrons. The molecule has 8 heteroatoms. The maximum atomic E-state index is 12.3. The van der Waals surface area contributed by atoms with Gasteiger partial charge in [-0.25, -0.2) is 0 Å². The topological polar surface area (TPSA) is 116 Å². The van der Waals surface area contributed by atoms with E-state index in [9.17, 15) is 24.5 Å². The maximum absolute atomic E-state index is 12.3. The minimum Gasteiger partial charge on any atom is -0.453 e. The molecule has 1 amide bonds. The Balaban J connectivity index is 1.91. The van der Waals surface area contributed by atoms with Gasteiger partial charge in [-0.2, -0.15) is 0 Å². The van der Waals surface area contributed by atoms with Crippen LogP contribution in [0.4, 0.5) is 5.69 Å². The second kappa shape index (κ2) is 9.62. The highest BCUT2D eigenvalue weighted by atomic mass is 16.6. The summed E-state index contributed by atoms with van der Waals surface area (Å²) in [4.78, 5) is 47.1. The number of carbonyl (C=O) groups is 3. The number of anilines is 1. The number of ketones is 1. The number of hydrogen-bond acceptors (Lipinski definition) is 6. The molecule has 8 nitrogen and oxygen atoms in total. The van der Waals surface area contributed by atoms with E-state index >= 15 is 0 Å². The van der Waals surface area contributed by atoms with Crippen molar-refractivity contribution in [2.75, 3.05) is 11.9 Å². The van der Waals surface area contributed by atoms with Gasteiger partial charge in [-0.05, 0) is 36.5 Å². The molecular formula is C21H28N2O6. The van der Waals surface area contributed by atoms with Crippen molar-refractivity contribution in [2.24, 2.45) is 17.8 Å². The van der Waals surface area contributed by atoms with Crippen LogP contribution in [0.15, 0.2) is 24.3 Å². The molecule has 1 N–H and O–H groups in total. The van der Waals surface area contributed by atoms with Crippen molar-refractivity contribution in [2.45, 2.75) is 52.6 Å². The summed E-state index contributed by atoms with van der Waals surface area (Å²) in [6.07, 6.45) is -1.07. The third-order valence-corrected chi connectivity index (χ3v) is 5.45. The van der Waals surface area contributed by atoms with Crippen LogP contribution in [-0.4, -0.2) is 35.2 Å². The Hall–Kier alpha value is -2.77. The molecule has 2 rings (SSSR count). The number of ether oxygens (including phenoxy) is 1. The van der Waals surface area contributed by atoms with E-state index in [1.54, 1.807) is 19.1 Å². The van der Waals surface area contributed by atoms with Gasteiger partial charge in [-0.3, -0.25) is 24.5 Å². The minimum atomic E-state index is -1.05. The zero-order valence-corrected chi connectivity index (χ0v) is 17.2. The van der Waals surface area contributed by atoms with E-state index in [2.05, 4.69) is 19.2 Å². The van der Waals surface area contributed by atoms with Gasteiger partial charge >= 0.3 is 5.97 Å². The Labute approximate surface area is 170 Å². The summed E-state index contributed by atoms with van der Waals surface area (Å²) in [7, 11) is 0. The highest BCUT2D eigenvalue weighted by Gasteiger charge is 2.44.